The van der Waals surface area contributed by atoms with Crippen molar-refractivity contribution in [1.29, 1.82) is 0 Å². The van der Waals surface area contributed by atoms with Gasteiger partial charge in [0.05, 0.1) is 12.2 Å². The highest BCUT2D eigenvalue weighted by Gasteiger charge is 2.03. The number of rotatable bonds is 5. The van der Waals surface area contributed by atoms with E-state index >= 15 is 0 Å². The summed E-state index contributed by atoms with van der Waals surface area (Å²) in [5, 5.41) is 2.82. The average Bonchev–Trinajstić information content (AvgIpc) is 2.43. The third-order valence-electron chi connectivity index (χ3n) is 2.94. The van der Waals surface area contributed by atoms with E-state index in [0.29, 0.717) is 19.4 Å². The van der Waals surface area contributed by atoms with Gasteiger partial charge in [0.1, 0.15) is 5.82 Å². The number of hydrogen-bond donors (Lipinski definition) is 1. The molecule has 0 aliphatic heterocycles. The molecule has 1 aromatic carbocycles. The smallest absolute Gasteiger partial charge is 0.220 e. The van der Waals surface area contributed by atoms with Crippen LogP contribution in [0.5, 0.6) is 0 Å². The van der Waals surface area contributed by atoms with Gasteiger partial charge in [-0.15, -0.1) is 0 Å². The molecule has 0 aliphatic rings. The molecule has 0 bridgehead atoms. The van der Waals surface area contributed by atoms with Crippen LogP contribution in [0, 0.1) is 12.7 Å². The second-order valence-electron chi connectivity index (χ2n) is 4.68. The Balaban J connectivity index is 1.78. The predicted molar refractivity (Wildman–Crippen MR) is 75.5 cm³/mol. The highest BCUT2D eigenvalue weighted by atomic mass is 19.1. The van der Waals surface area contributed by atoms with Crippen molar-refractivity contribution >= 4 is 5.91 Å². The van der Waals surface area contributed by atoms with Crippen molar-refractivity contribution in [1.82, 2.24) is 10.3 Å². The third kappa shape index (κ3) is 4.46. The van der Waals surface area contributed by atoms with Crippen LogP contribution in [0.1, 0.15) is 23.4 Å². The zero-order chi connectivity index (χ0) is 14.4. The summed E-state index contributed by atoms with van der Waals surface area (Å²) >= 11 is 0. The van der Waals surface area contributed by atoms with E-state index in [1.807, 2.05) is 31.2 Å². The Labute approximate surface area is 117 Å². The Bertz CT molecular complexity index is 547. The quantitative estimate of drug-likeness (QED) is 0.909. The molecule has 1 aromatic heterocycles. The number of nitrogens with zero attached hydrogens (tertiary/aromatic N) is 1. The minimum Gasteiger partial charge on any atom is -0.350 e. The maximum atomic E-state index is 13.0. The van der Waals surface area contributed by atoms with E-state index in [9.17, 15) is 9.18 Å². The Hall–Kier alpha value is -2.23. The van der Waals surface area contributed by atoms with Crippen molar-refractivity contribution in [3.63, 3.8) is 0 Å². The molecule has 0 fully saturated rings. The molecule has 104 valence electrons. The van der Waals surface area contributed by atoms with Gasteiger partial charge >= 0.3 is 0 Å². The van der Waals surface area contributed by atoms with E-state index in [1.54, 1.807) is 6.07 Å². The molecule has 20 heavy (non-hydrogen) atoms. The largest absolute Gasteiger partial charge is 0.350 e. The minimum atomic E-state index is -0.271. The molecule has 4 heteroatoms. The van der Waals surface area contributed by atoms with E-state index < -0.39 is 0 Å². The lowest BCUT2D eigenvalue weighted by atomic mass is 10.1. The number of benzene rings is 1. The van der Waals surface area contributed by atoms with Gasteiger partial charge in [-0.05, 0) is 43.2 Å². The van der Waals surface area contributed by atoms with Crippen LogP contribution in [-0.4, -0.2) is 10.9 Å². The lowest BCUT2D eigenvalue weighted by Crippen LogP contribution is -2.23. The summed E-state index contributed by atoms with van der Waals surface area (Å²) in [5.41, 5.74) is 2.59. The van der Waals surface area contributed by atoms with Gasteiger partial charge in [-0.3, -0.25) is 9.78 Å². The summed E-state index contributed by atoms with van der Waals surface area (Å²) in [5.74, 6) is -0.329. The van der Waals surface area contributed by atoms with Crippen molar-refractivity contribution in [2.45, 2.75) is 26.3 Å². The molecule has 1 N–H and O–H groups in total. The standard InChI is InChI=1S/C16H17FN2O/c1-12-4-2-7-15(19-12)11-18-16(20)9-8-13-5-3-6-14(17)10-13/h2-7,10H,8-9,11H2,1H3,(H,18,20). The fourth-order valence-electron chi connectivity index (χ4n) is 1.93. The summed E-state index contributed by atoms with van der Waals surface area (Å²) in [4.78, 5) is 16.0. The highest BCUT2D eigenvalue weighted by Crippen LogP contribution is 2.06. The molecule has 0 aliphatic carbocycles. The van der Waals surface area contributed by atoms with E-state index in [1.165, 1.54) is 12.1 Å². The predicted octanol–water partition coefficient (Wildman–Crippen LogP) is 2.78. The lowest BCUT2D eigenvalue weighted by molar-refractivity contribution is -0.121. The molecular weight excluding hydrogens is 255 g/mol. The Kier molecular flexibility index (Phi) is 4.82. The van der Waals surface area contributed by atoms with Crippen LogP contribution in [0.2, 0.25) is 0 Å². The van der Waals surface area contributed by atoms with Crippen molar-refractivity contribution in [2.75, 3.05) is 0 Å². The molecule has 0 spiro atoms. The SMILES string of the molecule is Cc1cccc(CNC(=O)CCc2cccc(F)c2)n1. The molecule has 2 rings (SSSR count). The van der Waals surface area contributed by atoms with Crippen LogP contribution in [0.15, 0.2) is 42.5 Å². The second kappa shape index (κ2) is 6.80. The fraction of sp³-hybridized carbons (Fsp3) is 0.250. The van der Waals surface area contributed by atoms with Gasteiger partial charge in [0.25, 0.3) is 0 Å². The normalized spacial score (nSPS) is 10.3. The molecule has 1 heterocycles. The van der Waals surface area contributed by atoms with Crippen LogP contribution < -0.4 is 5.32 Å². The Morgan fingerprint density at radius 2 is 2.05 bits per heavy atom. The van der Waals surface area contributed by atoms with Gasteiger partial charge in [-0.2, -0.15) is 0 Å². The Morgan fingerprint density at radius 3 is 2.80 bits per heavy atom. The first-order chi connectivity index (χ1) is 9.63. The molecule has 0 unspecified atom stereocenters. The third-order valence-corrected chi connectivity index (χ3v) is 2.94. The first-order valence-electron chi connectivity index (χ1n) is 6.57. The highest BCUT2D eigenvalue weighted by molar-refractivity contribution is 5.76. The number of aryl methyl sites for hydroxylation is 2. The summed E-state index contributed by atoms with van der Waals surface area (Å²) in [7, 11) is 0. The van der Waals surface area contributed by atoms with Gasteiger partial charge in [0.2, 0.25) is 5.91 Å². The summed E-state index contributed by atoms with van der Waals surface area (Å²) < 4.78 is 13.0. The molecule has 1 amide bonds. The first kappa shape index (κ1) is 14.2. The number of aromatic nitrogens is 1. The van der Waals surface area contributed by atoms with Crippen molar-refractivity contribution in [2.24, 2.45) is 0 Å². The van der Waals surface area contributed by atoms with Gasteiger partial charge in [0, 0.05) is 12.1 Å². The summed E-state index contributed by atoms with van der Waals surface area (Å²) in [6.07, 6.45) is 0.875. The van der Waals surface area contributed by atoms with E-state index in [0.717, 1.165) is 17.0 Å². The number of pyridine rings is 1. The van der Waals surface area contributed by atoms with E-state index in [2.05, 4.69) is 10.3 Å². The van der Waals surface area contributed by atoms with E-state index in [4.69, 9.17) is 0 Å². The number of nitrogens with one attached hydrogen (secondary N) is 1. The van der Waals surface area contributed by atoms with Crippen LogP contribution in [-0.2, 0) is 17.8 Å². The summed E-state index contributed by atoms with van der Waals surface area (Å²) in [6.45, 7) is 2.33. The first-order valence-corrected chi connectivity index (χ1v) is 6.57. The number of hydrogen-bond acceptors (Lipinski definition) is 2. The lowest BCUT2D eigenvalue weighted by Gasteiger charge is -2.05. The van der Waals surface area contributed by atoms with Crippen molar-refractivity contribution in [3.8, 4) is 0 Å². The topological polar surface area (TPSA) is 42.0 Å². The molecular formula is C16H17FN2O. The van der Waals surface area contributed by atoms with Gasteiger partial charge in [-0.25, -0.2) is 4.39 Å². The number of amides is 1. The molecule has 2 aromatic rings. The fourth-order valence-corrected chi connectivity index (χ4v) is 1.93. The second-order valence-corrected chi connectivity index (χ2v) is 4.68. The van der Waals surface area contributed by atoms with Crippen LogP contribution in [0.3, 0.4) is 0 Å². The monoisotopic (exact) mass is 272 g/mol. The van der Waals surface area contributed by atoms with Crippen LogP contribution in [0.25, 0.3) is 0 Å². The van der Waals surface area contributed by atoms with Crippen molar-refractivity contribution in [3.05, 3.63) is 65.2 Å². The maximum absolute atomic E-state index is 13.0. The molecule has 0 atom stereocenters. The summed E-state index contributed by atoms with van der Waals surface area (Å²) in [6, 6.07) is 12.0. The van der Waals surface area contributed by atoms with Gasteiger partial charge in [0.15, 0.2) is 0 Å². The Morgan fingerprint density at radius 1 is 1.25 bits per heavy atom. The molecule has 0 radical (unpaired) electrons. The molecule has 3 nitrogen and oxygen atoms in total. The zero-order valence-electron chi connectivity index (χ0n) is 11.4. The van der Waals surface area contributed by atoms with Gasteiger partial charge in [-0.1, -0.05) is 18.2 Å². The average molecular weight is 272 g/mol. The number of halogens is 1. The van der Waals surface area contributed by atoms with Crippen molar-refractivity contribution < 1.29 is 9.18 Å². The maximum Gasteiger partial charge on any atom is 0.220 e. The zero-order valence-corrected chi connectivity index (χ0v) is 11.4. The van der Waals surface area contributed by atoms with Crippen LogP contribution >= 0.6 is 0 Å². The minimum absolute atomic E-state index is 0.0578. The number of carbonyl (C=O) groups is 1. The molecule has 0 saturated carbocycles. The van der Waals surface area contributed by atoms with Gasteiger partial charge < -0.3 is 5.32 Å². The molecule has 0 saturated heterocycles. The van der Waals surface area contributed by atoms with Crippen LogP contribution in [0.4, 0.5) is 4.39 Å². The number of carbonyl (C=O) groups excluding carboxylic acids is 1. The van der Waals surface area contributed by atoms with E-state index in [-0.39, 0.29) is 11.7 Å².